The predicted molar refractivity (Wildman–Crippen MR) is 96.0 cm³/mol. The number of hydrazine groups is 1. The van der Waals surface area contributed by atoms with Crippen LogP contribution in [0.2, 0.25) is 0 Å². The normalized spacial score (nSPS) is 12.6. The fraction of sp³-hybridized carbons (Fsp3) is 0.235. The molecule has 0 saturated heterocycles. The van der Waals surface area contributed by atoms with E-state index in [2.05, 4.69) is 20.8 Å². The van der Waals surface area contributed by atoms with Gasteiger partial charge in [-0.2, -0.15) is 5.26 Å². The van der Waals surface area contributed by atoms with Crippen molar-refractivity contribution in [2.24, 2.45) is 11.8 Å². The zero-order valence-electron chi connectivity index (χ0n) is 14.4. The Labute approximate surface area is 154 Å². The van der Waals surface area contributed by atoms with Gasteiger partial charge in [0.25, 0.3) is 5.91 Å². The summed E-state index contributed by atoms with van der Waals surface area (Å²) < 4.78 is 5.28. The van der Waals surface area contributed by atoms with Crippen molar-refractivity contribution in [2.45, 2.75) is 12.8 Å². The van der Waals surface area contributed by atoms with Gasteiger partial charge in [0, 0.05) is 12.0 Å². The molecule has 3 rings (SSSR count). The second kappa shape index (κ2) is 7.67. The number of nitrogen functional groups attached to an aromatic ring is 1. The molecule has 5 N–H and O–H groups in total. The summed E-state index contributed by atoms with van der Waals surface area (Å²) >= 11 is 0. The number of carbonyl (C=O) groups is 2. The number of anilines is 3. The number of para-hydroxylation sites is 1. The van der Waals surface area contributed by atoms with Gasteiger partial charge in [0.1, 0.15) is 6.07 Å². The Morgan fingerprint density at radius 1 is 1.30 bits per heavy atom. The average Bonchev–Trinajstić information content (AvgIpc) is 3.52. The van der Waals surface area contributed by atoms with Gasteiger partial charge in [-0.15, -0.1) is 10.2 Å². The molecule has 1 aliphatic carbocycles. The van der Waals surface area contributed by atoms with Crippen molar-refractivity contribution in [3.63, 3.8) is 0 Å². The van der Waals surface area contributed by atoms with E-state index >= 15 is 0 Å². The molecule has 2 amide bonds. The summed E-state index contributed by atoms with van der Waals surface area (Å²) in [4.78, 5) is 24.0. The van der Waals surface area contributed by atoms with Crippen LogP contribution in [0.15, 0.2) is 24.3 Å². The molecule has 0 radical (unpaired) electrons. The molecule has 1 fully saturated rings. The largest absolute Gasteiger partial charge is 0.493 e. The molecule has 1 aliphatic rings. The van der Waals surface area contributed by atoms with Gasteiger partial charge < -0.3 is 15.4 Å². The van der Waals surface area contributed by atoms with Crippen molar-refractivity contribution in [1.82, 2.24) is 15.6 Å². The molecule has 10 nitrogen and oxygen atoms in total. The second-order valence-corrected chi connectivity index (χ2v) is 5.85. The number of methoxy groups -OCH3 is 1. The number of nitrogens with two attached hydrogens (primary N) is 1. The lowest BCUT2D eigenvalue weighted by Gasteiger charge is -2.15. The van der Waals surface area contributed by atoms with E-state index in [0.29, 0.717) is 17.0 Å². The lowest BCUT2D eigenvalue weighted by molar-refractivity contribution is -0.117. The van der Waals surface area contributed by atoms with Gasteiger partial charge in [-0.1, -0.05) is 6.07 Å². The molecule has 1 heterocycles. The first-order chi connectivity index (χ1) is 13.1. The van der Waals surface area contributed by atoms with Gasteiger partial charge in [-0.3, -0.25) is 15.0 Å². The number of nitrogens with one attached hydrogen (secondary N) is 3. The fourth-order valence-electron chi connectivity index (χ4n) is 2.45. The molecular weight excluding hydrogens is 350 g/mol. The van der Waals surface area contributed by atoms with Gasteiger partial charge in [0.2, 0.25) is 5.91 Å². The van der Waals surface area contributed by atoms with E-state index in [-0.39, 0.29) is 29.0 Å². The van der Waals surface area contributed by atoms with Crippen LogP contribution >= 0.6 is 0 Å². The minimum atomic E-state index is -0.666. The van der Waals surface area contributed by atoms with Crippen LogP contribution in [-0.4, -0.2) is 29.1 Å². The van der Waals surface area contributed by atoms with E-state index < -0.39 is 5.91 Å². The highest BCUT2D eigenvalue weighted by Gasteiger charge is 2.30. The molecular formula is C17H17N7O3. The molecule has 0 bridgehead atoms. The lowest BCUT2D eigenvalue weighted by Crippen LogP contribution is -2.31. The number of aromatic nitrogens is 2. The molecule has 1 saturated carbocycles. The van der Waals surface area contributed by atoms with Crippen LogP contribution < -0.4 is 26.6 Å². The Morgan fingerprint density at radius 2 is 2.07 bits per heavy atom. The SMILES string of the molecule is COc1c(C#N)cccc1Nc1cc(NC(=O)C2CC2)nnc1C(=O)NN. The third-order valence-corrected chi connectivity index (χ3v) is 3.95. The first-order valence-electron chi connectivity index (χ1n) is 8.11. The van der Waals surface area contributed by atoms with E-state index in [4.69, 9.17) is 10.6 Å². The summed E-state index contributed by atoms with van der Waals surface area (Å²) in [6, 6.07) is 8.43. The van der Waals surface area contributed by atoms with Crippen LogP contribution in [0.3, 0.4) is 0 Å². The number of nitrogens with zero attached hydrogens (tertiary/aromatic N) is 3. The van der Waals surface area contributed by atoms with E-state index in [1.807, 2.05) is 11.5 Å². The maximum Gasteiger partial charge on any atom is 0.287 e. The number of benzene rings is 1. The van der Waals surface area contributed by atoms with Gasteiger partial charge in [-0.05, 0) is 25.0 Å². The topological polar surface area (TPSA) is 155 Å². The van der Waals surface area contributed by atoms with Crippen LogP contribution in [0.4, 0.5) is 17.2 Å². The quantitative estimate of drug-likeness (QED) is 0.335. The van der Waals surface area contributed by atoms with Gasteiger partial charge >= 0.3 is 0 Å². The van der Waals surface area contributed by atoms with Gasteiger partial charge in [-0.25, -0.2) is 5.84 Å². The van der Waals surface area contributed by atoms with E-state index in [0.717, 1.165) is 12.8 Å². The third kappa shape index (κ3) is 3.94. The minimum Gasteiger partial charge on any atom is -0.493 e. The molecule has 2 aromatic rings. The van der Waals surface area contributed by atoms with E-state index in [1.165, 1.54) is 13.2 Å². The molecule has 1 aromatic heterocycles. The van der Waals surface area contributed by atoms with Crippen LogP contribution in [-0.2, 0) is 4.79 Å². The summed E-state index contributed by atoms with van der Waals surface area (Å²) in [7, 11) is 1.43. The molecule has 10 heteroatoms. The van der Waals surface area contributed by atoms with Crippen LogP contribution in [0.1, 0.15) is 28.9 Å². The highest BCUT2D eigenvalue weighted by molar-refractivity contribution is 5.99. The molecule has 0 aliphatic heterocycles. The number of amides is 2. The van der Waals surface area contributed by atoms with Crippen molar-refractivity contribution < 1.29 is 14.3 Å². The van der Waals surface area contributed by atoms with Crippen molar-refractivity contribution >= 4 is 29.0 Å². The van der Waals surface area contributed by atoms with Crippen molar-refractivity contribution in [1.29, 1.82) is 5.26 Å². The smallest absolute Gasteiger partial charge is 0.287 e. The first kappa shape index (κ1) is 18.1. The highest BCUT2D eigenvalue weighted by Crippen LogP contribution is 2.33. The second-order valence-electron chi connectivity index (χ2n) is 5.85. The Hall–Kier alpha value is -3.71. The minimum absolute atomic E-state index is 0.0115. The Bertz CT molecular complexity index is 935. The van der Waals surface area contributed by atoms with Crippen molar-refractivity contribution in [2.75, 3.05) is 17.7 Å². The number of carbonyl (C=O) groups excluding carboxylic acids is 2. The summed E-state index contributed by atoms with van der Waals surface area (Å²) in [6.07, 6.45) is 1.69. The number of hydrogen-bond donors (Lipinski definition) is 4. The van der Waals surface area contributed by atoms with Crippen LogP contribution in [0.25, 0.3) is 0 Å². The van der Waals surface area contributed by atoms with Gasteiger partial charge in [0.05, 0.1) is 24.0 Å². The molecule has 1 aromatic carbocycles. The first-order valence-corrected chi connectivity index (χ1v) is 8.11. The monoisotopic (exact) mass is 367 g/mol. The molecule has 138 valence electrons. The fourth-order valence-corrected chi connectivity index (χ4v) is 2.45. The molecule has 27 heavy (non-hydrogen) atoms. The van der Waals surface area contributed by atoms with E-state index in [1.54, 1.807) is 18.2 Å². The predicted octanol–water partition coefficient (Wildman–Crippen LogP) is 1.05. The Kier molecular flexibility index (Phi) is 5.14. The molecule has 0 atom stereocenters. The zero-order valence-corrected chi connectivity index (χ0v) is 14.4. The maximum atomic E-state index is 12.0. The van der Waals surface area contributed by atoms with Crippen molar-refractivity contribution in [3.8, 4) is 11.8 Å². The number of ether oxygens (including phenoxy) is 1. The Morgan fingerprint density at radius 3 is 2.70 bits per heavy atom. The summed E-state index contributed by atoms with van der Waals surface area (Å²) in [5.41, 5.74) is 2.92. The molecule has 0 spiro atoms. The standard InChI is InChI=1S/C17H17N7O3/c1-27-15-10(8-18)3-2-4-11(15)20-12-7-13(21-16(25)9-5-6-9)23-24-14(12)17(26)22-19/h2-4,7,9H,5-6,19H2,1H3,(H,22,26)(H2,20,21,23,25). The Balaban J connectivity index is 1.97. The van der Waals surface area contributed by atoms with Crippen LogP contribution in [0, 0.1) is 17.2 Å². The summed E-state index contributed by atoms with van der Waals surface area (Å²) in [5, 5.41) is 22.6. The third-order valence-electron chi connectivity index (χ3n) is 3.95. The highest BCUT2D eigenvalue weighted by atomic mass is 16.5. The number of nitriles is 1. The maximum absolute atomic E-state index is 12.0. The molecule has 0 unspecified atom stereocenters. The lowest BCUT2D eigenvalue weighted by atomic mass is 10.1. The summed E-state index contributed by atoms with van der Waals surface area (Å²) in [6.45, 7) is 0. The summed E-state index contributed by atoms with van der Waals surface area (Å²) in [5.74, 6) is 4.88. The van der Waals surface area contributed by atoms with Crippen LogP contribution in [0.5, 0.6) is 5.75 Å². The van der Waals surface area contributed by atoms with Crippen molar-refractivity contribution in [3.05, 3.63) is 35.5 Å². The number of hydrogen-bond acceptors (Lipinski definition) is 8. The number of rotatable bonds is 6. The van der Waals surface area contributed by atoms with Gasteiger partial charge in [0.15, 0.2) is 17.3 Å². The van der Waals surface area contributed by atoms with E-state index in [9.17, 15) is 14.9 Å². The zero-order chi connectivity index (χ0) is 19.4. The average molecular weight is 367 g/mol.